The van der Waals surface area contributed by atoms with E-state index in [4.69, 9.17) is 27.9 Å². The monoisotopic (exact) mass is 288 g/mol. The molecule has 1 saturated heterocycles. The van der Waals surface area contributed by atoms with Gasteiger partial charge in [-0.1, -0.05) is 39.1 Å². The topological polar surface area (TPSA) is 46.5 Å². The lowest BCUT2D eigenvalue weighted by atomic mass is 10.0. The number of carbonyl (C=O) groups excluding carboxylic acids is 1. The Bertz CT molecular complexity index is 258. The SMILES string of the molecule is O=C1O[C@H]2C[C@H](Br)[C@@H](O)[C@H]2C1(Cl)Cl. The number of ether oxygens (including phenoxy) is 1. The molecule has 1 N–H and O–H groups in total. The van der Waals surface area contributed by atoms with Gasteiger partial charge in [-0.2, -0.15) is 0 Å². The molecule has 0 aromatic rings. The Morgan fingerprint density at radius 1 is 1.62 bits per heavy atom. The van der Waals surface area contributed by atoms with E-state index in [-0.39, 0.29) is 10.9 Å². The van der Waals surface area contributed by atoms with E-state index in [1.54, 1.807) is 0 Å². The first-order valence-corrected chi connectivity index (χ1v) is 5.53. The third-order valence-electron chi connectivity index (χ3n) is 2.55. The summed E-state index contributed by atoms with van der Waals surface area (Å²) in [4.78, 5) is 11.0. The predicted octanol–water partition coefficient (Wildman–Crippen LogP) is 1.23. The van der Waals surface area contributed by atoms with Gasteiger partial charge >= 0.3 is 5.97 Å². The molecule has 2 rings (SSSR count). The van der Waals surface area contributed by atoms with E-state index in [1.807, 2.05) is 0 Å². The van der Waals surface area contributed by atoms with Gasteiger partial charge in [0.05, 0.1) is 12.0 Å². The van der Waals surface area contributed by atoms with Crippen LogP contribution in [-0.2, 0) is 9.53 Å². The van der Waals surface area contributed by atoms with Gasteiger partial charge < -0.3 is 9.84 Å². The van der Waals surface area contributed by atoms with Gasteiger partial charge in [-0.05, 0) is 6.42 Å². The van der Waals surface area contributed by atoms with E-state index in [1.165, 1.54) is 0 Å². The van der Waals surface area contributed by atoms with Crippen molar-refractivity contribution in [1.29, 1.82) is 0 Å². The molecule has 1 heterocycles. The number of esters is 1. The fourth-order valence-corrected chi connectivity index (χ4v) is 3.20. The number of hydrogen-bond acceptors (Lipinski definition) is 3. The molecule has 0 bridgehead atoms. The Morgan fingerprint density at radius 3 is 2.77 bits per heavy atom. The van der Waals surface area contributed by atoms with Crippen LogP contribution in [0.2, 0.25) is 0 Å². The summed E-state index contributed by atoms with van der Waals surface area (Å²) in [5.74, 6) is -1.17. The molecule has 0 amide bonds. The molecule has 13 heavy (non-hydrogen) atoms. The third kappa shape index (κ3) is 1.30. The highest BCUT2D eigenvalue weighted by Gasteiger charge is 2.63. The van der Waals surface area contributed by atoms with Crippen molar-refractivity contribution in [2.24, 2.45) is 5.92 Å². The van der Waals surface area contributed by atoms with Crippen LogP contribution in [0.4, 0.5) is 0 Å². The quantitative estimate of drug-likeness (QED) is 0.539. The van der Waals surface area contributed by atoms with E-state index in [9.17, 15) is 9.90 Å². The van der Waals surface area contributed by atoms with Gasteiger partial charge in [0.1, 0.15) is 6.10 Å². The lowest BCUT2D eigenvalue weighted by Crippen LogP contribution is -2.37. The number of rotatable bonds is 0. The zero-order valence-corrected chi connectivity index (χ0v) is 9.51. The summed E-state index contributed by atoms with van der Waals surface area (Å²) in [6.45, 7) is 0. The third-order valence-corrected chi connectivity index (χ3v) is 4.27. The van der Waals surface area contributed by atoms with Crippen LogP contribution in [0.1, 0.15) is 6.42 Å². The van der Waals surface area contributed by atoms with E-state index < -0.39 is 22.3 Å². The van der Waals surface area contributed by atoms with Crippen LogP contribution >= 0.6 is 39.1 Å². The fourth-order valence-electron chi connectivity index (χ4n) is 1.87. The van der Waals surface area contributed by atoms with Gasteiger partial charge in [0.25, 0.3) is 0 Å². The lowest BCUT2D eigenvalue weighted by molar-refractivity contribution is -0.141. The molecule has 1 aliphatic carbocycles. The van der Waals surface area contributed by atoms with Crippen LogP contribution in [-0.4, -0.2) is 32.4 Å². The molecule has 0 unspecified atom stereocenters. The van der Waals surface area contributed by atoms with Crippen molar-refractivity contribution in [3.05, 3.63) is 0 Å². The Labute approximate surface area is 93.5 Å². The lowest BCUT2D eigenvalue weighted by Gasteiger charge is -2.20. The van der Waals surface area contributed by atoms with Gasteiger partial charge in [-0.25, -0.2) is 4.79 Å². The molecule has 6 heteroatoms. The highest BCUT2D eigenvalue weighted by molar-refractivity contribution is 9.09. The van der Waals surface area contributed by atoms with E-state index in [2.05, 4.69) is 15.9 Å². The summed E-state index contributed by atoms with van der Waals surface area (Å²) in [5.41, 5.74) is 0. The van der Waals surface area contributed by atoms with E-state index in [0.29, 0.717) is 6.42 Å². The zero-order valence-electron chi connectivity index (χ0n) is 6.41. The number of hydrogen-bond donors (Lipinski definition) is 1. The molecule has 0 aromatic heterocycles. The standard InChI is InChI=1S/C7H7BrCl2O3/c8-2-1-3-4(5(2)11)7(9,10)6(12)13-3/h2-5,11H,1H2/t2-,3-,4-,5+/m0/s1. The van der Waals surface area contributed by atoms with Gasteiger partial charge in [0, 0.05) is 4.83 Å². The summed E-state index contributed by atoms with van der Waals surface area (Å²) in [5, 5.41) is 9.67. The first-order chi connectivity index (χ1) is 5.94. The minimum atomic E-state index is -1.59. The van der Waals surface area contributed by atoms with E-state index >= 15 is 0 Å². The molecule has 3 nitrogen and oxygen atoms in total. The molecule has 1 saturated carbocycles. The fraction of sp³-hybridized carbons (Fsp3) is 0.857. The average Bonchev–Trinajstić information content (AvgIpc) is 2.37. The number of aliphatic hydroxyl groups excluding tert-OH is 1. The number of fused-ring (bicyclic) bond motifs is 1. The Morgan fingerprint density at radius 2 is 2.23 bits per heavy atom. The van der Waals surface area contributed by atoms with Gasteiger partial charge in [-0.3, -0.25) is 0 Å². The van der Waals surface area contributed by atoms with Crippen LogP contribution in [0.25, 0.3) is 0 Å². The van der Waals surface area contributed by atoms with Crippen molar-refractivity contribution in [3.63, 3.8) is 0 Å². The summed E-state index contributed by atoms with van der Waals surface area (Å²) < 4.78 is 3.36. The molecule has 2 fully saturated rings. The van der Waals surface area contributed by atoms with Crippen LogP contribution in [0.3, 0.4) is 0 Å². The van der Waals surface area contributed by atoms with Crippen LogP contribution < -0.4 is 0 Å². The summed E-state index contributed by atoms with van der Waals surface area (Å²) in [6.07, 6.45) is -0.535. The Balaban J connectivity index is 2.30. The molecule has 0 radical (unpaired) electrons. The maximum absolute atomic E-state index is 11.1. The first-order valence-electron chi connectivity index (χ1n) is 3.85. The van der Waals surface area contributed by atoms with Crippen LogP contribution in [0.5, 0.6) is 0 Å². The van der Waals surface area contributed by atoms with Crippen molar-refractivity contribution in [3.8, 4) is 0 Å². The van der Waals surface area contributed by atoms with Gasteiger partial charge in [-0.15, -0.1) is 0 Å². The van der Waals surface area contributed by atoms with Crippen molar-refractivity contribution >= 4 is 45.1 Å². The second-order valence-corrected chi connectivity index (χ2v) is 5.90. The minimum absolute atomic E-state index is 0.104. The summed E-state index contributed by atoms with van der Waals surface area (Å²) >= 11 is 14.9. The Kier molecular flexibility index (Phi) is 2.30. The second-order valence-electron chi connectivity index (χ2n) is 3.33. The highest BCUT2D eigenvalue weighted by Crippen LogP contribution is 2.50. The number of aliphatic hydroxyl groups is 1. The molecular weight excluding hydrogens is 283 g/mol. The normalized spacial score (nSPS) is 47.5. The molecule has 74 valence electrons. The van der Waals surface area contributed by atoms with Crippen molar-refractivity contribution in [1.82, 2.24) is 0 Å². The smallest absolute Gasteiger partial charge is 0.343 e. The van der Waals surface area contributed by atoms with Crippen LogP contribution in [0, 0.1) is 5.92 Å². The number of alkyl halides is 3. The van der Waals surface area contributed by atoms with Crippen molar-refractivity contribution in [2.45, 2.75) is 27.8 Å². The highest BCUT2D eigenvalue weighted by atomic mass is 79.9. The number of carbonyl (C=O) groups is 1. The molecule has 2 aliphatic rings. The van der Waals surface area contributed by atoms with E-state index in [0.717, 1.165) is 0 Å². The first kappa shape index (κ1) is 10.0. The summed E-state index contributed by atoms with van der Waals surface area (Å²) in [7, 11) is 0. The van der Waals surface area contributed by atoms with Gasteiger partial charge in [0.15, 0.2) is 0 Å². The molecule has 4 atom stereocenters. The zero-order chi connectivity index (χ0) is 9.80. The maximum atomic E-state index is 11.1. The minimum Gasteiger partial charge on any atom is -0.460 e. The molecule has 1 aliphatic heterocycles. The predicted molar refractivity (Wildman–Crippen MR) is 51.1 cm³/mol. The average molecular weight is 290 g/mol. The number of halogens is 3. The maximum Gasteiger partial charge on any atom is 0.343 e. The van der Waals surface area contributed by atoms with Gasteiger partial charge in [0.2, 0.25) is 4.33 Å². The Hall–Kier alpha value is 0.490. The molecule has 0 spiro atoms. The molecular formula is C7H7BrCl2O3. The molecule has 0 aromatic carbocycles. The summed E-state index contributed by atoms with van der Waals surface area (Å²) in [6, 6.07) is 0. The van der Waals surface area contributed by atoms with Crippen LogP contribution in [0.15, 0.2) is 0 Å². The van der Waals surface area contributed by atoms with Crippen molar-refractivity contribution < 1.29 is 14.6 Å². The largest absolute Gasteiger partial charge is 0.460 e. The second kappa shape index (κ2) is 2.99. The van der Waals surface area contributed by atoms with Crippen molar-refractivity contribution in [2.75, 3.05) is 0 Å².